The Labute approximate surface area is 181 Å². The molecule has 2 aliphatic rings. The summed E-state index contributed by atoms with van der Waals surface area (Å²) >= 11 is 6.44. The molecule has 160 valence electrons. The number of aromatic nitrogens is 3. The maximum atomic E-state index is 12.6. The molecule has 0 aromatic carbocycles. The van der Waals surface area contributed by atoms with Crippen LogP contribution < -0.4 is 10.6 Å². The van der Waals surface area contributed by atoms with Gasteiger partial charge in [0.25, 0.3) is 0 Å². The second-order valence-corrected chi connectivity index (χ2v) is 9.70. The fraction of sp³-hybridized carbons (Fsp3) is 0.545. The molecule has 1 aliphatic heterocycles. The van der Waals surface area contributed by atoms with E-state index in [2.05, 4.69) is 34.6 Å². The zero-order chi connectivity index (χ0) is 21.5. The van der Waals surface area contributed by atoms with Crippen LogP contribution in [0.15, 0.2) is 18.5 Å². The molecule has 4 rings (SSSR count). The summed E-state index contributed by atoms with van der Waals surface area (Å²) in [5.41, 5.74) is 3.16. The lowest BCUT2D eigenvalue weighted by atomic mass is 9.89. The number of rotatable bonds is 5. The van der Waals surface area contributed by atoms with Gasteiger partial charge in [0.05, 0.1) is 11.2 Å². The Kier molecular flexibility index (Phi) is 5.57. The third-order valence-corrected chi connectivity index (χ3v) is 6.52. The normalized spacial score (nSPS) is 22.0. The summed E-state index contributed by atoms with van der Waals surface area (Å²) in [6, 6.07) is 1.82. The van der Waals surface area contributed by atoms with Crippen LogP contribution in [0.3, 0.4) is 0 Å². The van der Waals surface area contributed by atoms with E-state index in [1.54, 1.807) is 13.2 Å². The van der Waals surface area contributed by atoms with Gasteiger partial charge in [-0.25, -0.2) is 4.98 Å². The molecule has 30 heavy (non-hydrogen) atoms. The standard InChI is InChI=1S/C22H28ClN5O2/c1-22(2)9-18-16(10-26-28(18)12-22)15-8-19(25-11-17(15)23)27-20(29)7-13-4-5-14(6-13)21(30)24-3/h8,10-11,13-14H,4-7,9,12H2,1-3H3,(H,24,30)(H,25,27,29)/t13?,14-/m0/s1. The molecule has 3 heterocycles. The van der Waals surface area contributed by atoms with Crippen molar-refractivity contribution in [3.8, 4) is 11.1 Å². The maximum Gasteiger partial charge on any atom is 0.225 e. The summed E-state index contributed by atoms with van der Waals surface area (Å²) in [4.78, 5) is 28.7. The highest BCUT2D eigenvalue weighted by Gasteiger charge is 2.33. The molecule has 7 nitrogen and oxygen atoms in total. The van der Waals surface area contributed by atoms with Crippen molar-refractivity contribution in [3.63, 3.8) is 0 Å². The van der Waals surface area contributed by atoms with E-state index in [0.29, 0.717) is 17.3 Å². The monoisotopic (exact) mass is 429 g/mol. The van der Waals surface area contributed by atoms with Gasteiger partial charge in [-0.2, -0.15) is 5.10 Å². The van der Waals surface area contributed by atoms with Gasteiger partial charge in [-0.15, -0.1) is 0 Å². The number of nitrogens with zero attached hydrogens (tertiary/aromatic N) is 3. The first kappa shape index (κ1) is 20.8. The summed E-state index contributed by atoms with van der Waals surface area (Å²) in [7, 11) is 1.66. The van der Waals surface area contributed by atoms with Crippen LogP contribution in [0.1, 0.15) is 45.2 Å². The summed E-state index contributed by atoms with van der Waals surface area (Å²) in [6.07, 6.45) is 7.22. The van der Waals surface area contributed by atoms with Gasteiger partial charge < -0.3 is 10.6 Å². The van der Waals surface area contributed by atoms with Gasteiger partial charge in [-0.1, -0.05) is 25.4 Å². The van der Waals surface area contributed by atoms with E-state index >= 15 is 0 Å². The van der Waals surface area contributed by atoms with Gasteiger partial charge in [0.2, 0.25) is 11.8 Å². The number of carbonyl (C=O) groups is 2. The molecule has 0 spiro atoms. The summed E-state index contributed by atoms with van der Waals surface area (Å²) in [5.74, 6) is 0.706. The van der Waals surface area contributed by atoms with E-state index in [9.17, 15) is 9.59 Å². The van der Waals surface area contributed by atoms with Crippen LogP contribution in [0.25, 0.3) is 11.1 Å². The molecular weight excluding hydrogens is 402 g/mol. The quantitative estimate of drug-likeness (QED) is 0.758. The highest BCUT2D eigenvalue weighted by atomic mass is 35.5. The third kappa shape index (κ3) is 4.21. The highest BCUT2D eigenvalue weighted by Crippen LogP contribution is 2.39. The minimum Gasteiger partial charge on any atom is -0.359 e. The third-order valence-electron chi connectivity index (χ3n) is 6.22. The molecular formula is C22H28ClN5O2. The number of nitrogens with one attached hydrogen (secondary N) is 2. The molecule has 0 radical (unpaired) electrons. The van der Waals surface area contributed by atoms with Crippen molar-refractivity contribution in [2.24, 2.45) is 17.3 Å². The number of hydrogen-bond acceptors (Lipinski definition) is 4. The lowest BCUT2D eigenvalue weighted by Crippen LogP contribution is -2.25. The topological polar surface area (TPSA) is 88.9 Å². The van der Waals surface area contributed by atoms with Crippen LogP contribution in [0.5, 0.6) is 0 Å². The van der Waals surface area contributed by atoms with E-state index in [1.807, 2.05) is 16.9 Å². The van der Waals surface area contributed by atoms with E-state index in [-0.39, 0.29) is 29.1 Å². The van der Waals surface area contributed by atoms with Crippen LogP contribution >= 0.6 is 11.6 Å². The molecule has 8 heteroatoms. The average Bonchev–Trinajstić information content (AvgIpc) is 3.37. The lowest BCUT2D eigenvalue weighted by molar-refractivity contribution is -0.124. The van der Waals surface area contributed by atoms with Gasteiger partial charge in [0, 0.05) is 48.9 Å². The molecule has 0 bridgehead atoms. The molecule has 2 aromatic rings. The predicted octanol–water partition coefficient (Wildman–Crippen LogP) is 3.67. The summed E-state index contributed by atoms with van der Waals surface area (Å²) in [5, 5.41) is 10.7. The number of fused-ring (bicyclic) bond motifs is 1. The fourth-order valence-electron chi connectivity index (χ4n) is 4.75. The molecule has 2 N–H and O–H groups in total. The minimum atomic E-state index is -0.0836. The molecule has 0 saturated heterocycles. The molecule has 1 aliphatic carbocycles. The molecule has 1 saturated carbocycles. The number of carbonyl (C=O) groups excluding carboxylic acids is 2. The molecule has 2 atom stereocenters. The lowest BCUT2D eigenvalue weighted by Gasteiger charge is -2.15. The first-order chi connectivity index (χ1) is 14.3. The van der Waals surface area contributed by atoms with Crippen molar-refractivity contribution in [2.75, 3.05) is 12.4 Å². The number of anilines is 1. The Morgan fingerprint density at radius 2 is 2.07 bits per heavy atom. The number of hydrogen-bond donors (Lipinski definition) is 2. The van der Waals surface area contributed by atoms with Crippen LogP contribution in [-0.2, 0) is 22.6 Å². The number of pyridine rings is 1. The first-order valence-electron chi connectivity index (χ1n) is 10.5. The van der Waals surface area contributed by atoms with Gasteiger partial charge in [-0.05, 0) is 43.1 Å². The summed E-state index contributed by atoms with van der Waals surface area (Å²) in [6.45, 7) is 5.33. The van der Waals surface area contributed by atoms with Gasteiger partial charge in [0.1, 0.15) is 5.82 Å². The Morgan fingerprint density at radius 1 is 1.27 bits per heavy atom. The van der Waals surface area contributed by atoms with Gasteiger partial charge in [-0.3, -0.25) is 14.3 Å². The van der Waals surface area contributed by atoms with Crippen molar-refractivity contribution < 1.29 is 9.59 Å². The highest BCUT2D eigenvalue weighted by molar-refractivity contribution is 6.33. The van der Waals surface area contributed by atoms with Gasteiger partial charge >= 0.3 is 0 Å². The second kappa shape index (κ2) is 8.02. The average molecular weight is 430 g/mol. The van der Waals surface area contributed by atoms with E-state index in [1.165, 1.54) is 0 Å². The van der Waals surface area contributed by atoms with E-state index in [0.717, 1.165) is 49.0 Å². The zero-order valence-electron chi connectivity index (χ0n) is 17.7. The summed E-state index contributed by atoms with van der Waals surface area (Å²) < 4.78 is 2.04. The van der Waals surface area contributed by atoms with Crippen molar-refractivity contribution in [2.45, 2.75) is 52.5 Å². The molecule has 1 unspecified atom stereocenters. The van der Waals surface area contributed by atoms with Crippen LogP contribution in [0, 0.1) is 17.3 Å². The first-order valence-corrected chi connectivity index (χ1v) is 10.9. The van der Waals surface area contributed by atoms with Crippen LogP contribution in [0.2, 0.25) is 5.02 Å². The Morgan fingerprint density at radius 3 is 2.83 bits per heavy atom. The van der Waals surface area contributed by atoms with E-state index < -0.39 is 0 Å². The fourth-order valence-corrected chi connectivity index (χ4v) is 4.95. The number of amides is 2. The second-order valence-electron chi connectivity index (χ2n) is 9.30. The molecule has 1 fully saturated rings. The molecule has 2 amide bonds. The SMILES string of the molecule is CNC(=O)[C@H]1CCC(CC(=O)Nc2cc(-c3cnn4c3CC(C)(C)C4)c(Cl)cn2)C1. The van der Waals surface area contributed by atoms with Crippen LogP contribution in [-0.4, -0.2) is 33.6 Å². The van der Waals surface area contributed by atoms with Crippen molar-refractivity contribution in [3.05, 3.63) is 29.2 Å². The zero-order valence-corrected chi connectivity index (χ0v) is 18.4. The molecule has 2 aromatic heterocycles. The Bertz CT molecular complexity index is 984. The Hall–Kier alpha value is -2.41. The number of halogens is 1. The maximum absolute atomic E-state index is 12.6. The van der Waals surface area contributed by atoms with Crippen molar-refractivity contribution in [1.29, 1.82) is 0 Å². The van der Waals surface area contributed by atoms with Gasteiger partial charge in [0.15, 0.2) is 0 Å². The Balaban J connectivity index is 1.45. The van der Waals surface area contributed by atoms with E-state index in [4.69, 9.17) is 11.6 Å². The van der Waals surface area contributed by atoms with Crippen LogP contribution in [0.4, 0.5) is 5.82 Å². The van der Waals surface area contributed by atoms with Crippen molar-refractivity contribution >= 4 is 29.2 Å². The smallest absolute Gasteiger partial charge is 0.225 e. The van der Waals surface area contributed by atoms with Crippen molar-refractivity contribution in [1.82, 2.24) is 20.1 Å². The predicted molar refractivity (Wildman–Crippen MR) is 116 cm³/mol. The minimum absolute atomic E-state index is 0.0155. The largest absolute Gasteiger partial charge is 0.359 e.